The van der Waals surface area contributed by atoms with Crippen LogP contribution in [0.3, 0.4) is 0 Å². The topological polar surface area (TPSA) is 41.6 Å². The van der Waals surface area contributed by atoms with Gasteiger partial charge >= 0.3 is 0 Å². The van der Waals surface area contributed by atoms with Crippen LogP contribution < -0.4 is 10.2 Å². The predicted molar refractivity (Wildman–Crippen MR) is 84.9 cm³/mol. The van der Waals surface area contributed by atoms with Gasteiger partial charge in [-0.3, -0.25) is 4.21 Å². The Morgan fingerprint density at radius 1 is 1.35 bits per heavy atom. The Morgan fingerprint density at radius 2 is 2.10 bits per heavy atom. The highest BCUT2D eigenvalue weighted by Gasteiger charge is 2.17. The summed E-state index contributed by atoms with van der Waals surface area (Å²) in [6.45, 7) is 6.33. The molecule has 0 atom stereocenters. The molecule has 1 fully saturated rings. The molecule has 1 heterocycles. The fourth-order valence-electron chi connectivity index (χ4n) is 2.44. The summed E-state index contributed by atoms with van der Waals surface area (Å²) in [5.41, 5.74) is 3.86. The number of benzene rings is 1. The molecule has 20 heavy (non-hydrogen) atoms. The molecule has 0 spiro atoms. The fourth-order valence-corrected chi connectivity index (χ4v) is 3.49. The Morgan fingerprint density at radius 3 is 2.80 bits per heavy atom. The molecule has 1 aliphatic rings. The molecule has 0 radical (unpaired) electrons. The number of nitrogens with one attached hydrogen (secondary N) is 1. The Bertz CT molecular complexity index is 455. The van der Waals surface area contributed by atoms with Gasteiger partial charge in [0.15, 0.2) is 0 Å². The monoisotopic (exact) mass is 296 g/mol. The van der Waals surface area contributed by atoms with Crippen LogP contribution in [0.2, 0.25) is 0 Å². The lowest BCUT2D eigenvalue weighted by atomic mass is 10.1. The zero-order chi connectivity index (χ0) is 14.4. The van der Waals surface area contributed by atoms with Crippen molar-refractivity contribution in [3.8, 4) is 0 Å². The van der Waals surface area contributed by atoms with Gasteiger partial charge in [-0.15, -0.1) is 0 Å². The van der Waals surface area contributed by atoms with Crippen LogP contribution in [-0.2, 0) is 22.1 Å². The van der Waals surface area contributed by atoms with Crippen LogP contribution >= 0.6 is 0 Å². The Kier molecular flexibility index (Phi) is 6.01. The highest BCUT2D eigenvalue weighted by atomic mass is 32.2. The van der Waals surface area contributed by atoms with Crippen LogP contribution in [0.1, 0.15) is 11.1 Å². The molecule has 0 aliphatic carbocycles. The van der Waals surface area contributed by atoms with E-state index >= 15 is 0 Å². The number of nitrogens with zero attached hydrogens (tertiary/aromatic N) is 1. The van der Waals surface area contributed by atoms with Gasteiger partial charge in [0.2, 0.25) is 0 Å². The van der Waals surface area contributed by atoms with Crippen molar-refractivity contribution >= 4 is 16.5 Å². The lowest BCUT2D eigenvalue weighted by Gasteiger charge is -2.30. The Hall–Kier alpha value is -0.910. The van der Waals surface area contributed by atoms with Crippen LogP contribution in [0.25, 0.3) is 0 Å². The van der Waals surface area contributed by atoms with E-state index in [-0.39, 0.29) is 0 Å². The second-order valence-corrected chi connectivity index (χ2v) is 6.83. The maximum atomic E-state index is 11.5. The first-order chi connectivity index (χ1) is 9.70. The van der Waals surface area contributed by atoms with Crippen molar-refractivity contribution in [2.75, 3.05) is 49.8 Å². The van der Waals surface area contributed by atoms with Crippen molar-refractivity contribution < 1.29 is 8.95 Å². The molecule has 2 rings (SSSR count). The average molecular weight is 296 g/mol. The molecule has 1 N–H and O–H groups in total. The van der Waals surface area contributed by atoms with E-state index in [1.54, 1.807) is 7.11 Å². The number of hydrogen-bond donors (Lipinski definition) is 1. The van der Waals surface area contributed by atoms with Crippen molar-refractivity contribution in [1.82, 2.24) is 5.32 Å². The molecule has 5 heteroatoms. The third kappa shape index (κ3) is 4.30. The first-order valence-electron chi connectivity index (χ1n) is 7.10. The normalized spacial score (nSPS) is 16.6. The van der Waals surface area contributed by atoms with Crippen molar-refractivity contribution in [2.45, 2.75) is 13.5 Å². The second-order valence-electron chi connectivity index (χ2n) is 5.14. The molecule has 4 nitrogen and oxygen atoms in total. The SMILES string of the molecule is COCCNCc1cc(C)ccc1N1CCS(=O)CC1. The van der Waals surface area contributed by atoms with Crippen molar-refractivity contribution in [3.63, 3.8) is 0 Å². The van der Waals surface area contributed by atoms with Crippen LogP contribution in [0, 0.1) is 6.92 Å². The number of aryl methyl sites for hydroxylation is 1. The summed E-state index contributed by atoms with van der Waals surface area (Å²) in [5.74, 6) is 1.56. The van der Waals surface area contributed by atoms with E-state index in [4.69, 9.17) is 4.74 Å². The van der Waals surface area contributed by atoms with Crippen LogP contribution in [0.5, 0.6) is 0 Å². The van der Waals surface area contributed by atoms with Gasteiger partial charge in [-0.2, -0.15) is 0 Å². The summed E-state index contributed by atoms with van der Waals surface area (Å²) in [4.78, 5) is 2.36. The molecular formula is C15H24N2O2S. The van der Waals surface area contributed by atoms with E-state index in [1.165, 1.54) is 16.8 Å². The molecule has 0 aromatic heterocycles. The largest absolute Gasteiger partial charge is 0.383 e. The van der Waals surface area contributed by atoms with Crippen LogP contribution in [0.15, 0.2) is 18.2 Å². The molecule has 0 unspecified atom stereocenters. The lowest BCUT2D eigenvalue weighted by Crippen LogP contribution is -2.38. The van der Waals surface area contributed by atoms with E-state index in [9.17, 15) is 4.21 Å². The molecule has 1 aromatic carbocycles. The van der Waals surface area contributed by atoms with Crippen molar-refractivity contribution in [2.24, 2.45) is 0 Å². The number of rotatable bonds is 6. The summed E-state index contributed by atoms with van der Waals surface area (Å²) in [5, 5.41) is 3.41. The molecule has 1 saturated heterocycles. The van der Waals surface area contributed by atoms with Crippen molar-refractivity contribution in [1.29, 1.82) is 0 Å². The number of anilines is 1. The molecule has 0 amide bonds. The van der Waals surface area contributed by atoms with E-state index in [0.29, 0.717) is 0 Å². The van der Waals surface area contributed by atoms with E-state index in [2.05, 4.69) is 35.3 Å². The highest BCUT2D eigenvalue weighted by molar-refractivity contribution is 7.85. The van der Waals surface area contributed by atoms with Gasteiger partial charge in [-0.25, -0.2) is 0 Å². The minimum Gasteiger partial charge on any atom is -0.383 e. The lowest BCUT2D eigenvalue weighted by molar-refractivity contribution is 0.199. The maximum Gasteiger partial charge on any atom is 0.0587 e. The molecule has 0 saturated carbocycles. The number of hydrogen-bond acceptors (Lipinski definition) is 4. The molecule has 1 aromatic rings. The van der Waals surface area contributed by atoms with Gasteiger partial charge in [0.25, 0.3) is 0 Å². The summed E-state index contributed by atoms with van der Waals surface area (Å²) in [6, 6.07) is 6.58. The summed E-state index contributed by atoms with van der Waals surface area (Å²) >= 11 is 0. The second kappa shape index (κ2) is 7.76. The van der Waals surface area contributed by atoms with E-state index in [1.807, 2.05) is 0 Å². The first kappa shape index (κ1) is 15.5. The molecular weight excluding hydrogens is 272 g/mol. The predicted octanol–water partition coefficient (Wildman–Crippen LogP) is 1.30. The minimum absolute atomic E-state index is 0.628. The Labute approximate surface area is 124 Å². The minimum atomic E-state index is -0.628. The third-order valence-corrected chi connectivity index (χ3v) is 4.83. The molecule has 1 aliphatic heterocycles. The Balaban J connectivity index is 2.05. The maximum absolute atomic E-state index is 11.5. The van der Waals surface area contributed by atoms with Gasteiger partial charge in [0.1, 0.15) is 0 Å². The van der Waals surface area contributed by atoms with E-state index < -0.39 is 10.8 Å². The zero-order valence-corrected chi connectivity index (χ0v) is 13.2. The summed E-state index contributed by atoms with van der Waals surface area (Å²) in [7, 11) is 1.09. The van der Waals surface area contributed by atoms with Gasteiger partial charge in [-0.1, -0.05) is 17.7 Å². The van der Waals surface area contributed by atoms with Crippen molar-refractivity contribution in [3.05, 3.63) is 29.3 Å². The van der Waals surface area contributed by atoms with Crippen LogP contribution in [-0.4, -0.2) is 49.1 Å². The quantitative estimate of drug-likeness (QED) is 0.804. The fraction of sp³-hybridized carbons (Fsp3) is 0.600. The standard InChI is InChI=1S/C15H24N2O2S/c1-13-3-4-15(17-6-9-20(18)10-7-17)14(11-13)12-16-5-8-19-2/h3-4,11,16H,5-10,12H2,1-2H3. The highest BCUT2D eigenvalue weighted by Crippen LogP contribution is 2.23. The average Bonchev–Trinajstić information content (AvgIpc) is 2.45. The molecule has 112 valence electrons. The summed E-state index contributed by atoms with van der Waals surface area (Å²) in [6.07, 6.45) is 0. The zero-order valence-electron chi connectivity index (χ0n) is 12.4. The smallest absolute Gasteiger partial charge is 0.0587 e. The molecule has 0 bridgehead atoms. The van der Waals surface area contributed by atoms with Gasteiger partial charge < -0.3 is 15.0 Å². The van der Waals surface area contributed by atoms with Crippen LogP contribution in [0.4, 0.5) is 5.69 Å². The van der Waals surface area contributed by atoms with Gasteiger partial charge in [0.05, 0.1) is 6.61 Å². The van der Waals surface area contributed by atoms with Gasteiger partial charge in [-0.05, 0) is 18.6 Å². The number of methoxy groups -OCH3 is 1. The van der Waals surface area contributed by atoms with Gasteiger partial charge in [0, 0.05) is 61.3 Å². The first-order valence-corrected chi connectivity index (χ1v) is 8.58. The third-order valence-electron chi connectivity index (χ3n) is 3.55. The summed E-state index contributed by atoms with van der Waals surface area (Å²) < 4.78 is 16.5. The van der Waals surface area contributed by atoms with E-state index in [0.717, 1.165) is 44.3 Å². The number of ether oxygens (including phenoxy) is 1.